The summed E-state index contributed by atoms with van der Waals surface area (Å²) in [6.07, 6.45) is 2.51. The van der Waals surface area contributed by atoms with Gasteiger partial charge in [0.25, 0.3) is 0 Å². The second kappa shape index (κ2) is 7.38. The maximum atomic E-state index is 12.2. The molecule has 1 aliphatic rings. The predicted molar refractivity (Wildman–Crippen MR) is 94.7 cm³/mol. The Morgan fingerprint density at radius 3 is 2.40 bits per heavy atom. The molecule has 136 valence electrons. The molecule has 1 heterocycles. The summed E-state index contributed by atoms with van der Waals surface area (Å²) < 4.78 is 40.3. The molecule has 1 fully saturated rings. The summed E-state index contributed by atoms with van der Waals surface area (Å²) in [5.41, 5.74) is 0.920. The van der Waals surface area contributed by atoms with E-state index < -0.39 is 19.9 Å². The maximum Gasteiger partial charge on any atom is 0.330 e. The largest absolute Gasteiger partial charge is 0.330 e. The molecule has 1 aromatic carbocycles. The van der Waals surface area contributed by atoms with Crippen LogP contribution in [-0.4, -0.2) is 66.6 Å². The molecule has 9 nitrogen and oxygen atoms in total. The molecule has 2 amide bonds. The minimum atomic E-state index is -3.97. The molecule has 1 N–H and O–H groups in total. The molecule has 0 saturated carbocycles. The van der Waals surface area contributed by atoms with Gasteiger partial charge in [-0.2, -0.15) is 18.0 Å². The highest BCUT2D eigenvalue weighted by atomic mass is 32.3. The van der Waals surface area contributed by atoms with Crippen molar-refractivity contribution in [3.05, 3.63) is 29.8 Å². The lowest BCUT2D eigenvalue weighted by atomic mass is 10.2. The van der Waals surface area contributed by atoms with E-state index in [1.54, 1.807) is 24.3 Å². The van der Waals surface area contributed by atoms with E-state index in [0.717, 1.165) is 4.31 Å². The number of carbonyl (C=O) groups is 1. The molecule has 1 aliphatic heterocycles. The Labute approximate surface area is 147 Å². The molecule has 0 spiro atoms. The van der Waals surface area contributed by atoms with Crippen LogP contribution in [0, 0.1) is 11.3 Å². The summed E-state index contributed by atoms with van der Waals surface area (Å²) in [7, 11) is -6.75. The first-order chi connectivity index (χ1) is 11.6. The van der Waals surface area contributed by atoms with Crippen LogP contribution < -0.4 is 5.32 Å². The Hall–Kier alpha value is -2.16. The molecular weight excluding hydrogens is 366 g/mol. The number of benzene rings is 1. The molecule has 0 bridgehead atoms. The number of hydrogen-bond acceptors (Lipinski definition) is 5. The average Bonchev–Trinajstić information content (AvgIpc) is 2.53. The third kappa shape index (κ3) is 5.42. The smallest absolute Gasteiger partial charge is 0.322 e. The van der Waals surface area contributed by atoms with Crippen LogP contribution in [0.4, 0.5) is 10.5 Å². The molecule has 0 unspecified atom stereocenters. The third-order valence-corrected chi connectivity index (χ3v) is 6.58. The minimum absolute atomic E-state index is 0.0764. The Morgan fingerprint density at radius 2 is 1.84 bits per heavy atom. The van der Waals surface area contributed by atoms with Crippen molar-refractivity contribution in [1.82, 2.24) is 9.21 Å². The normalized spacial score (nSPS) is 16.1. The Kier molecular flexibility index (Phi) is 5.66. The monoisotopic (exact) mass is 385 g/mol. The van der Waals surface area contributed by atoms with Gasteiger partial charge in [0.15, 0.2) is 0 Å². The topological polar surface area (TPSA) is 123 Å². The van der Waals surface area contributed by atoms with Crippen molar-refractivity contribution in [2.45, 2.75) is 0 Å². The molecule has 0 radical (unpaired) electrons. The Balaban J connectivity index is 1.99. The fourth-order valence-corrected chi connectivity index (χ4v) is 5.08. The zero-order chi connectivity index (χ0) is 18.7. The highest BCUT2D eigenvalue weighted by Crippen LogP contribution is 2.14. The first-order valence-corrected chi connectivity index (χ1v) is 11.1. The maximum absolute atomic E-state index is 12.2. The number of carbonyl (C=O) groups excluding carboxylic acids is 1. The molecule has 1 aromatic rings. The second-order valence-electron chi connectivity index (χ2n) is 5.74. The second-order valence-corrected chi connectivity index (χ2v) is 10.1. The quantitative estimate of drug-likeness (QED) is 0.819. The lowest BCUT2D eigenvalue weighted by Crippen LogP contribution is -2.51. The summed E-state index contributed by atoms with van der Waals surface area (Å²) in [4.78, 5) is 13.7. The fraction of sp³-hybridized carbons (Fsp3) is 0.429. The molecule has 11 heteroatoms. The highest BCUT2D eigenvalue weighted by Gasteiger charge is 2.29. The molecule has 0 aromatic heterocycles. The van der Waals surface area contributed by atoms with Gasteiger partial charge < -0.3 is 10.2 Å². The van der Waals surface area contributed by atoms with Crippen LogP contribution in [-0.2, 0) is 19.9 Å². The number of nitrogens with zero attached hydrogens (tertiary/aromatic N) is 4. The van der Waals surface area contributed by atoms with Gasteiger partial charge in [-0.3, -0.25) is 0 Å². The molecule has 25 heavy (non-hydrogen) atoms. The van der Waals surface area contributed by atoms with Crippen molar-refractivity contribution < 1.29 is 17.4 Å². The van der Waals surface area contributed by atoms with Gasteiger partial charge in [0, 0.05) is 44.4 Å². The predicted octanol–water partition coefficient (Wildman–Crippen LogP) is 0.680. The Bertz CT molecular complexity index is 913. The van der Waals surface area contributed by atoms with Crippen molar-refractivity contribution >= 4 is 31.7 Å². The number of nitriles is 1. The molecule has 1 saturated heterocycles. The van der Waals surface area contributed by atoms with Crippen LogP contribution >= 0.6 is 0 Å². The summed E-state index contributed by atoms with van der Waals surface area (Å²) in [6.45, 7) is 0.528. The summed E-state index contributed by atoms with van der Waals surface area (Å²) >= 11 is 0. The van der Waals surface area contributed by atoms with Gasteiger partial charge in [-0.05, 0) is 18.2 Å². The van der Waals surface area contributed by atoms with E-state index in [-0.39, 0.29) is 32.2 Å². The number of hydrogen-bond donors (Lipinski definition) is 1. The van der Waals surface area contributed by atoms with E-state index in [2.05, 4.69) is 9.08 Å². The van der Waals surface area contributed by atoms with E-state index in [4.69, 9.17) is 5.26 Å². The van der Waals surface area contributed by atoms with Crippen molar-refractivity contribution in [3.8, 4) is 6.07 Å². The number of amides is 2. The first-order valence-electron chi connectivity index (χ1n) is 7.35. The number of anilines is 1. The van der Waals surface area contributed by atoms with E-state index >= 15 is 0 Å². The van der Waals surface area contributed by atoms with Gasteiger partial charge in [-0.1, -0.05) is 9.83 Å². The van der Waals surface area contributed by atoms with Crippen molar-refractivity contribution in [2.75, 3.05) is 44.0 Å². The van der Waals surface area contributed by atoms with Crippen LogP contribution in [0.2, 0.25) is 0 Å². The van der Waals surface area contributed by atoms with Gasteiger partial charge in [-0.25, -0.2) is 9.00 Å². The number of nitrogens with one attached hydrogen (secondary N) is 1. The van der Waals surface area contributed by atoms with Crippen molar-refractivity contribution in [3.63, 3.8) is 0 Å². The van der Waals surface area contributed by atoms with Gasteiger partial charge in [0.2, 0.25) is 0 Å². The van der Waals surface area contributed by atoms with Gasteiger partial charge >= 0.3 is 16.2 Å². The highest BCUT2D eigenvalue weighted by molar-refractivity contribution is 8.01. The SMILES string of the molecule is CS(C)(=O)=NS(=O)(=O)N1CCN(C(=O)Nc2cccc(C#N)c2)CC1. The van der Waals surface area contributed by atoms with Crippen LogP contribution in [0.1, 0.15) is 5.56 Å². The molecule has 0 aliphatic carbocycles. The number of urea groups is 1. The van der Waals surface area contributed by atoms with E-state index in [0.29, 0.717) is 11.3 Å². The third-order valence-electron chi connectivity index (χ3n) is 3.37. The lowest BCUT2D eigenvalue weighted by molar-refractivity contribution is 0.184. The zero-order valence-corrected chi connectivity index (χ0v) is 15.5. The summed E-state index contributed by atoms with van der Waals surface area (Å²) in [5.74, 6) is 0. The van der Waals surface area contributed by atoms with Gasteiger partial charge in [-0.15, -0.1) is 0 Å². The Morgan fingerprint density at radius 1 is 1.20 bits per heavy atom. The fourth-order valence-electron chi connectivity index (χ4n) is 2.26. The van der Waals surface area contributed by atoms with Crippen molar-refractivity contribution in [1.29, 1.82) is 5.26 Å². The van der Waals surface area contributed by atoms with Crippen LogP contribution in [0.15, 0.2) is 28.0 Å². The first kappa shape index (κ1) is 19.2. The van der Waals surface area contributed by atoms with Crippen LogP contribution in [0.5, 0.6) is 0 Å². The standard InChI is InChI=1S/C14H19N5O4S2/c1-24(2,21)17-25(22,23)19-8-6-18(7-9-19)14(20)16-13-5-3-4-12(10-13)11-15/h3-5,10H,6-9H2,1-2H3,(H,16,20). The average molecular weight is 385 g/mol. The van der Waals surface area contributed by atoms with Crippen LogP contribution in [0.3, 0.4) is 0 Å². The van der Waals surface area contributed by atoms with E-state index in [1.807, 2.05) is 6.07 Å². The summed E-state index contributed by atoms with van der Waals surface area (Å²) in [6, 6.07) is 8.12. The van der Waals surface area contributed by atoms with Gasteiger partial charge in [0.1, 0.15) is 0 Å². The van der Waals surface area contributed by atoms with E-state index in [1.165, 1.54) is 17.4 Å². The van der Waals surface area contributed by atoms with Crippen molar-refractivity contribution in [2.24, 2.45) is 3.77 Å². The number of rotatable bonds is 3. The zero-order valence-electron chi connectivity index (χ0n) is 13.9. The van der Waals surface area contributed by atoms with Gasteiger partial charge in [0.05, 0.1) is 21.4 Å². The molecule has 0 atom stereocenters. The molecular formula is C14H19N5O4S2. The van der Waals surface area contributed by atoms with Crippen LogP contribution in [0.25, 0.3) is 0 Å². The van der Waals surface area contributed by atoms with E-state index in [9.17, 15) is 17.4 Å². The minimum Gasteiger partial charge on any atom is -0.322 e. The summed E-state index contributed by atoms with van der Waals surface area (Å²) in [5, 5.41) is 11.5. The number of piperazine rings is 1. The lowest BCUT2D eigenvalue weighted by Gasteiger charge is -2.32. The molecule has 2 rings (SSSR count).